The molecule has 174 valence electrons. The van der Waals surface area contributed by atoms with Crippen LogP contribution >= 0.6 is 11.3 Å². The number of nitrogens with one attached hydrogen (secondary N) is 1. The number of carbonyl (C=O) groups excluding carboxylic acids is 1. The average molecular weight is 487 g/mol. The smallest absolute Gasteiger partial charge is 0.324 e. The van der Waals surface area contributed by atoms with Gasteiger partial charge in [0.05, 0.1) is 4.90 Å². The predicted molar refractivity (Wildman–Crippen MR) is 130 cm³/mol. The van der Waals surface area contributed by atoms with Gasteiger partial charge in [0.15, 0.2) is 0 Å². The largest absolute Gasteiger partial charge is 0.459 e. The number of sulfonamides is 1. The maximum atomic E-state index is 13.1. The number of hydrogen-bond donors (Lipinski definition) is 1. The van der Waals surface area contributed by atoms with E-state index in [1.165, 1.54) is 12.1 Å². The zero-order valence-corrected chi connectivity index (χ0v) is 20.7. The van der Waals surface area contributed by atoms with E-state index in [1.807, 2.05) is 23.6 Å². The van der Waals surface area contributed by atoms with Gasteiger partial charge in [0.25, 0.3) is 0 Å². The monoisotopic (exact) mass is 486 g/mol. The normalized spacial score (nSPS) is 13.6. The standard InChI is InChI=1S/C24H26N2O5S2/c1-14(2)21(23(27)31-24(3,4)5)26-33(28,29)16-7-8-17-18-12-15(22-25-10-11-32-22)6-9-19(18)30-20(17)13-16/h6-14,21,26H,1-5H3. The highest BCUT2D eigenvalue weighted by molar-refractivity contribution is 7.89. The van der Waals surface area contributed by atoms with Crippen molar-refractivity contribution in [1.82, 2.24) is 9.71 Å². The van der Waals surface area contributed by atoms with Gasteiger partial charge in [0.2, 0.25) is 10.0 Å². The molecule has 0 spiro atoms. The van der Waals surface area contributed by atoms with Gasteiger partial charge < -0.3 is 9.15 Å². The molecule has 0 saturated carbocycles. The quantitative estimate of drug-likeness (QED) is 0.369. The minimum atomic E-state index is -4.00. The first-order valence-electron chi connectivity index (χ1n) is 10.6. The van der Waals surface area contributed by atoms with E-state index in [2.05, 4.69) is 9.71 Å². The van der Waals surface area contributed by atoms with Crippen molar-refractivity contribution in [3.8, 4) is 10.6 Å². The molecule has 1 atom stereocenters. The van der Waals surface area contributed by atoms with Gasteiger partial charge in [-0.3, -0.25) is 4.79 Å². The van der Waals surface area contributed by atoms with Gasteiger partial charge in [-0.1, -0.05) is 13.8 Å². The highest BCUT2D eigenvalue weighted by Crippen LogP contribution is 2.34. The Morgan fingerprint density at radius 3 is 2.48 bits per heavy atom. The van der Waals surface area contributed by atoms with Crippen LogP contribution in [0.25, 0.3) is 32.5 Å². The van der Waals surface area contributed by atoms with Crippen LogP contribution in [0.2, 0.25) is 0 Å². The van der Waals surface area contributed by atoms with Gasteiger partial charge in [-0.15, -0.1) is 11.3 Å². The fourth-order valence-electron chi connectivity index (χ4n) is 3.48. The summed E-state index contributed by atoms with van der Waals surface area (Å²) in [5.41, 5.74) is 1.35. The van der Waals surface area contributed by atoms with Crippen LogP contribution in [0.15, 0.2) is 57.3 Å². The van der Waals surface area contributed by atoms with Crippen LogP contribution in [0.3, 0.4) is 0 Å². The second-order valence-electron chi connectivity index (χ2n) is 9.18. The molecule has 0 saturated heterocycles. The van der Waals surface area contributed by atoms with Crippen LogP contribution in [0.5, 0.6) is 0 Å². The number of thiazole rings is 1. The Kier molecular flexibility index (Phi) is 6.07. The molecule has 0 aliphatic heterocycles. The molecule has 2 aromatic heterocycles. The number of hydrogen-bond acceptors (Lipinski definition) is 7. The first-order valence-corrected chi connectivity index (χ1v) is 12.9. The van der Waals surface area contributed by atoms with Gasteiger partial charge in [0.1, 0.15) is 27.8 Å². The molecule has 2 heterocycles. The molecular weight excluding hydrogens is 460 g/mol. The summed E-state index contributed by atoms with van der Waals surface area (Å²) in [4.78, 5) is 17.0. The van der Waals surface area contributed by atoms with E-state index >= 15 is 0 Å². The summed E-state index contributed by atoms with van der Waals surface area (Å²) in [6.07, 6.45) is 1.75. The number of ether oxygens (including phenoxy) is 1. The average Bonchev–Trinajstić information content (AvgIpc) is 3.37. The van der Waals surface area contributed by atoms with E-state index < -0.39 is 27.6 Å². The van der Waals surface area contributed by atoms with Crippen LogP contribution in [0.4, 0.5) is 0 Å². The molecule has 0 aliphatic carbocycles. The zero-order chi connectivity index (χ0) is 24.0. The van der Waals surface area contributed by atoms with Crippen molar-refractivity contribution in [3.63, 3.8) is 0 Å². The lowest BCUT2D eigenvalue weighted by Crippen LogP contribution is -2.47. The lowest BCUT2D eigenvalue weighted by molar-refractivity contribution is -0.158. The summed E-state index contributed by atoms with van der Waals surface area (Å²) >= 11 is 1.54. The number of rotatable bonds is 6. The first-order chi connectivity index (χ1) is 15.4. The fraction of sp³-hybridized carbons (Fsp3) is 0.333. The molecule has 7 nitrogen and oxygen atoms in total. The van der Waals surface area contributed by atoms with Crippen LogP contribution in [0.1, 0.15) is 34.6 Å². The SMILES string of the molecule is CC(C)C(NS(=O)(=O)c1ccc2c(c1)oc1ccc(-c3nccs3)cc12)C(=O)OC(C)(C)C. The summed E-state index contributed by atoms with van der Waals surface area (Å²) in [7, 11) is -4.00. The second kappa shape index (κ2) is 8.55. The molecule has 0 bridgehead atoms. The highest BCUT2D eigenvalue weighted by atomic mass is 32.2. The summed E-state index contributed by atoms with van der Waals surface area (Å²) in [5.74, 6) is -0.908. The maximum Gasteiger partial charge on any atom is 0.324 e. The van der Waals surface area contributed by atoms with Crippen LogP contribution < -0.4 is 4.72 Å². The molecule has 33 heavy (non-hydrogen) atoms. The Hall–Kier alpha value is -2.75. The molecule has 1 unspecified atom stereocenters. The topological polar surface area (TPSA) is 98.5 Å². The van der Waals surface area contributed by atoms with Crippen molar-refractivity contribution in [2.45, 2.75) is 51.2 Å². The summed E-state index contributed by atoms with van der Waals surface area (Å²) in [6.45, 7) is 8.75. The molecule has 9 heteroatoms. The van der Waals surface area contributed by atoms with E-state index in [1.54, 1.807) is 58.2 Å². The number of furan rings is 1. The molecule has 1 N–H and O–H groups in total. The molecule has 0 radical (unpaired) electrons. The van der Waals surface area contributed by atoms with Gasteiger partial charge in [0, 0.05) is 34.0 Å². The van der Waals surface area contributed by atoms with Crippen LogP contribution in [-0.4, -0.2) is 31.0 Å². The van der Waals surface area contributed by atoms with E-state index in [-0.39, 0.29) is 10.8 Å². The van der Waals surface area contributed by atoms with Crippen molar-refractivity contribution < 1.29 is 22.4 Å². The molecular formula is C24H26N2O5S2. The maximum absolute atomic E-state index is 13.1. The fourth-order valence-corrected chi connectivity index (χ4v) is 5.46. The third-order valence-electron chi connectivity index (χ3n) is 5.04. The molecule has 0 aliphatic rings. The van der Waals surface area contributed by atoms with E-state index in [0.29, 0.717) is 11.2 Å². The highest BCUT2D eigenvalue weighted by Gasteiger charge is 2.32. The van der Waals surface area contributed by atoms with Gasteiger partial charge in [-0.2, -0.15) is 4.72 Å². The third-order valence-corrected chi connectivity index (χ3v) is 7.30. The number of carbonyl (C=O) groups is 1. The molecule has 4 rings (SSSR count). The Bertz CT molecular complexity index is 1410. The Balaban J connectivity index is 1.68. The third kappa shape index (κ3) is 4.95. The molecule has 2 aromatic carbocycles. The van der Waals surface area contributed by atoms with Gasteiger partial charge in [-0.25, -0.2) is 13.4 Å². The predicted octanol–water partition coefficient (Wildman–Crippen LogP) is 5.35. The number of benzene rings is 2. The number of esters is 1. The van der Waals surface area contributed by atoms with E-state index in [0.717, 1.165) is 21.3 Å². The zero-order valence-electron chi connectivity index (χ0n) is 19.1. The first kappa shape index (κ1) is 23.4. The Labute approximate surface area is 196 Å². The summed E-state index contributed by atoms with van der Waals surface area (Å²) in [5, 5.41) is 4.49. The number of fused-ring (bicyclic) bond motifs is 3. The minimum Gasteiger partial charge on any atom is -0.459 e. The number of nitrogens with zero attached hydrogens (tertiary/aromatic N) is 1. The van der Waals surface area contributed by atoms with Crippen molar-refractivity contribution in [1.29, 1.82) is 0 Å². The second-order valence-corrected chi connectivity index (χ2v) is 11.8. The molecule has 4 aromatic rings. The molecule has 0 amide bonds. The van der Waals surface area contributed by atoms with Crippen LogP contribution in [-0.2, 0) is 19.6 Å². The van der Waals surface area contributed by atoms with E-state index in [9.17, 15) is 13.2 Å². The summed E-state index contributed by atoms with van der Waals surface area (Å²) in [6, 6.07) is 9.48. The minimum absolute atomic E-state index is 0.0170. The Morgan fingerprint density at radius 2 is 1.85 bits per heavy atom. The van der Waals surface area contributed by atoms with Crippen molar-refractivity contribution in [3.05, 3.63) is 48.0 Å². The van der Waals surface area contributed by atoms with Gasteiger partial charge in [-0.05, 0) is 57.0 Å². The molecule has 0 fully saturated rings. The number of aromatic nitrogens is 1. The lowest BCUT2D eigenvalue weighted by Gasteiger charge is -2.26. The Morgan fingerprint density at radius 1 is 1.09 bits per heavy atom. The van der Waals surface area contributed by atoms with Crippen LogP contribution in [0, 0.1) is 5.92 Å². The van der Waals surface area contributed by atoms with Crippen molar-refractivity contribution in [2.24, 2.45) is 5.92 Å². The van der Waals surface area contributed by atoms with Crippen molar-refractivity contribution in [2.75, 3.05) is 0 Å². The lowest BCUT2D eigenvalue weighted by atomic mass is 10.1. The summed E-state index contributed by atoms with van der Waals surface area (Å²) < 4.78 is 40.1. The van der Waals surface area contributed by atoms with Crippen molar-refractivity contribution >= 4 is 49.3 Å². The van der Waals surface area contributed by atoms with E-state index in [4.69, 9.17) is 9.15 Å². The van der Waals surface area contributed by atoms with Gasteiger partial charge >= 0.3 is 5.97 Å².